The van der Waals surface area contributed by atoms with E-state index in [-0.39, 0.29) is 11.9 Å². The maximum atomic E-state index is 11.9. The van der Waals surface area contributed by atoms with Crippen LogP contribution < -0.4 is 5.32 Å². The summed E-state index contributed by atoms with van der Waals surface area (Å²) >= 11 is 6.39. The molecule has 0 atom stereocenters. The number of phenols is 1. The Hall–Kier alpha value is -1.82. The molecule has 1 aliphatic heterocycles. The third-order valence-corrected chi connectivity index (χ3v) is 5.03. The number of benzene rings is 2. The van der Waals surface area contributed by atoms with Gasteiger partial charge in [0.05, 0.1) is 6.54 Å². The van der Waals surface area contributed by atoms with E-state index in [2.05, 4.69) is 15.1 Å². The Bertz CT molecular complexity index is 786. The van der Waals surface area contributed by atoms with Crippen LogP contribution in [0, 0.1) is 0 Å². The molecule has 1 amide bonds. The zero-order valence-electron chi connectivity index (χ0n) is 15.3. The third kappa shape index (κ3) is 4.47. The monoisotopic (exact) mass is 375 g/mol. The van der Waals surface area contributed by atoms with Crippen molar-refractivity contribution in [1.82, 2.24) is 15.1 Å². The minimum absolute atomic E-state index is 0.0763. The van der Waals surface area contributed by atoms with Gasteiger partial charge < -0.3 is 10.4 Å². The SMILES string of the molecule is CC(C)NC(=O)CN1CCN(Cc2cc(Cl)c3ccccc3c2O)CC1. The lowest BCUT2D eigenvalue weighted by atomic mass is 10.0. The fraction of sp³-hybridized carbons (Fsp3) is 0.450. The molecule has 1 fully saturated rings. The summed E-state index contributed by atoms with van der Waals surface area (Å²) in [6.45, 7) is 8.44. The minimum Gasteiger partial charge on any atom is -0.507 e. The summed E-state index contributed by atoms with van der Waals surface area (Å²) in [6.07, 6.45) is 0. The van der Waals surface area contributed by atoms with E-state index >= 15 is 0 Å². The van der Waals surface area contributed by atoms with E-state index < -0.39 is 0 Å². The predicted octanol–water partition coefficient (Wildman–Crippen LogP) is 2.84. The number of halogens is 1. The number of rotatable bonds is 5. The molecule has 0 unspecified atom stereocenters. The van der Waals surface area contributed by atoms with E-state index in [4.69, 9.17) is 11.6 Å². The second kappa shape index (κ2) is 8.25. The Labute approximate surface area is 159 Å². The van der Waals surface area contributed by atoms with Gasteiger partial charge in [-0.05, 0) is 19.9 Å². The van der Waals surface area contributed by atoms with Crippen LogP contribution in [0.15, 0.2) is 30.3 Å². The summed E-state index contributed by atoms with van der Waals surface area (Å²) < 4.78 is 0. The van der Waals surface area contributed by atoms with Crippen molar-refractivity contribution < 1.29 is 9.90 Å². The Morgan fingerprint density at radius 3 is 2.42 bits per heavy atom. The molecule has 1 aliphatic rings. The average molecular weight is 376 g/mol. The van der Waals surface area contributed by atoms with Gasteiger partial charge >= 0.3 is 0 Å². The van der Waals surface area contributed by atoms with Gasteiger partial charge in [-0.2, -0.15) is 0 Å². The highest BCUT2D eigenvalue weighted by Crippen LogP contribution is 2.34. The van der Waals surface area contributed by atoms with Crippen LogP contribution in [0.3, 0.4) is 0 Å². The van der Waals surface area contributed by atoms with Crippen LogP contribution in [0.1, 0.15) is 19.4 Å². The first-order chi connectivity index (χ1) is 12.4. The van der Waals surface area contributed by atoms with Crippen LogP contribution in [0.25, 0.3) is 10.8 Å². The van der Waals surface area contributed by atoms with Crippen LogP contribution in [0.4, 0.5) is 0 Å². The molecule has 6 heteroatoms. The lowest BCUT2D eigenvalue weighted by molar-refractivity contribution is -0.123. The van der Waals surface area contributed by atoms with E-state index in [0.29, 0.717) is 23.9 Å². The van der Waals surface area contributed by atoms with Gasteiger partial charge in [-0.15, -0.1) is 0 Å². The van der Waals surface area contributed by atoms with Crippen LogP contribution >= 0.6 is 11.6 Å². The fourth-order valence-electron chi connectivity index (χ4n) is 3.41. The molecule has 140 valence electrons. The zero-order valence-corrected chi connectivity index (χ0v) is 16.1. The van der Waals surface area contributed by atoms with Gasteiger partial charge in [-0.3, -0.25) is 14.6 Å². The first kappa shape index (κ1) is 19.0. The van der Waals surface area contributed by atoms with Crippen LogP contribution in [0.5, 0.6) is 5.75 Å². The highest BCUT2D eigenvalue weighted by atomic mass is 35.5. The Morgan fingerprint density at radius 2 is 1.77 bits per heavy atom. The van der Waals surface area contributed by atoms with Gasteiger partial charge in [-0.25, -0.2) is 0 Å². The molecule has 3 rings (SSSR count). The molecule has 0 bridgehead atoms. The van der Waals surface area contributed by atoms with Gasteiger partial charge in [0.15, 0.2) is 0 Å². The smallest absolute Gasteiger partial charge is 0.234 e. The molecule has 2 N–H and O–H groups in total. The number of nitrogens with one attached hydrogen (secondary N) is 1. The molecule has 5 nitrogen and oxygen atoms in total. The average Bonchev–Trinajstić information content (AvgIpc) is 2.60. The second-order valence-electron chi connectivity index (χ2n) is 7.19. The van der Waals surface area contributed by atoms with Crippen LogP contribution in [-0.4, -0.2) is 59.6 Å². The number of piperazine rings is 1. The van der Waals surface area contributed by atoms with Crippen molar-refractivity contribution in [2.45, 2.75) is 26.4 Å². The number of nitrogens with zero attached hydrogens (tertiary/aromatic N) is 2. The Morgan fingerprint density at radius 1 is 1.15 bits per heavy atom. The van der Waals surface area contributed by atoms with Crippen molar-refractivity contribution in [3.8, 4) is 5.75 Å². The second-order valence-corrected chi connectivity index (χ2v) is 7.59. The first-order valence-corrected chi connectivity index (χ1v) is 9.45. The van der Waals surface area contributed by atoms with Crippen LogP contribution in [0.2, 0.25) is 5.02 Å². The molecule has 1 heterocycles. The predicted molar refractivity (Wildman–Crippen MR) is 106 cm³/mol. The Balaban J connectivity index is 1.61. The lowest BCUT2D eigenvalue weighted by Gasteiger charge is -2.34. The van der Waals surface area contributed by atoms with Crippen LogP contribution in [-0.2, 0) is 11.3 Å². The number of aromatic hydroxyl groups is 1. The van der Waals surface area contributed by atoms with E-state index in [1.165, 1.54) is 0 Å². The van der Waals surface area contributed by atoms with Gasteiger partial charge in [-0.1, -0.05) is 35.9 Å². The van der Waals surface area contributed by atoms with Crippen molar-refractivity contribution in [1.29, 1.82) is 0 Å². The van der Waals surface area contributed by atoms with E-state index in [0.717, 1.165) is 42.5 Å². The largest absolute Gasteiger partial charge is 0.507 e. The van der Waals surface area contributed by atoms with E-state index in [1.807, 2.05) is 44.2 Å². The molecule has 2 aromatic carbocycles. The van der Waals surface area contributed by atoms with Crippen molar-refractivity contribution in [3.63, 3.8) is 0 Å². The van der Waals surface area contributed by atoms with E-state index in [9.17, 15) is 9.90 Å². The molecule has 26 heavy (non-hydrogen) atoms. The van der Waals surface area contributed by atoms with E-state index in [1.54, 1.807) is 0 Å². The quantitative estimate of drug-likeness (QED) is 0.843. The van der Waals surface area contributed by atoms with Gasteiger partial charge in [0, 0.05) is 60.1 Å². The normalized spacial score (nSPS) is 16.3. The molecule has 0 saturated carbocycles. The molecule has 0 spiro atoms. The Kier molecular flexibility index (Phi) is 6.01. The molecule has 1 saturated heterocycles. The topological polar surface area (TPSA) is 55.8 Å². The molecule has 0 aliphatic carbocycles. The molecular weight excluding hydrogens is 350 g/mol. The van der Waals surface area contributed by atoms with Gasteiger partial charge in [0.1, 0.15) is 5.75 Å². The first-order valence-electron chi connectivity index (χ1n) is 9.07. The summed E-state index contributed by atoms with van der Waals surface area (Å²) in [7, 11) is 0. The summed E-state index contributed by atoms with van der Waals surface area (Å²) in [6, 6.07) is 9.67. The number of fused-ring (bicyclic) bond motifs is 1. The van der Waals surface area contributed by atoms with Crippen molar-refractivity contribution in [3.05, 3.63) is 40.9 Å². The number of phenolic OH excluding ortho intramolecular Hbond substituents is 1. The minimum atomic E-state index is 0.0763. The van der Waals surface area contributed by atoms with Crippen molar-refractivity contribution in [2.75, 3.05) is 32.7 Å². The summed E-state index contributed by atoms with van der Waals surface area (Å²) in [5, 5.41) is 15.9. The molecular formula is C20H26ClN3O2. The summed E-state index contributed by atoms with van der Waals surface area (Å²) in [5.41, 5.74) is 0.847. The number of carbonyl (C=O) groups is 1. The van der Waals surface area contributed by atoms with Gasteiger partial charge in [0.2, 0.25) is 5.91 Å². The summed E-state index contributed by atoms with van der Waals surface area (Å²) in [5.74, 6) is 0.385. The van der Waals surface area contributed by atoms with Gasteiger partial charge in [0.25, 0.3) is 0 Å². The fourth-order valence-corrected chi connectivity index (χ4v) is 3.70. The highest BCUT2D eigenvalue weighted by Gasteiger charge is 2.21. The molecule has 0 radical (unpaired) electrons. The maximum Gasteiger partial charge on any atom is 0.234 e. The van der Waals surface area contributed by atoms with Crippen molar-refractivity contribution in [2.24, 2.45) is 0 Å². The number of carbonyl (C=O) groups excluding carboxylic acids is 1. The zero-order chi connectivity index (χ0) is 18.7. The third-order valence-electron chi connectivity index (χ3n) is 4.72. The highest BCUT2D eigenvalue weighted by molar-refractivity contribution is 6.35. The summed E-state index contributed by atoms with van der Waals surface area (Å²) in [4.78, 5) is 16.3. The number of amides is 1. The molecule has 0 aromatic heterocycles. The number of hydrogen-bond donors (Lipinski definition) is 2. The standard InChI is InChI=1S/C20H26ClN3O2/c1-14(2)22-19(25)13-24-9-7-23(8-10-24)12-15-11-18(21)16-5-3-4-6-17(16)20(15)26/h3-6,11,14,26H,7-10,12-13H2,1-2H3,(H,22,25). The maximum absolute atomic E-state index is 11.9. The van der Waals surface area contributed by atoms with Crippen molar-refractivity contribution >= 4 is 28.3 Å². The lowest BCUT2D eigenvalue weighted by Crippen LogP contribution is -2.49. The number of hydrogen-bond acceptors (Lipinski definition) is 4. The molecule has 2 aromatic rings.